The summed E-state index contributed by atoms with van der Waals surface area (Å²) in [6.45, 7) is 4.42. The number of likely N-dealkylation sites (tertiary alicyclic amines) is 1. The molecule has 0 atom stereocenters. The highest BCUT2D eigenvalue weighted by Crippen LogP contribution is 2.06. The molecule has 0 spiro atoms. The van der Waals surface area contributed by atoms with Gasteiger partial charge in [-0.15, -0.1) is 0 Å². The molecule has 1 aliphatic rings. The number of carboxylic acids is 1. The molecule has 2 N–H and O–H groups in total. The van der Waals surface area contributed by atoms with E-state index in [1.54, 1.807) is 0 Å². The summed E-state index contributed by atoms with van der Waals surface area (Å²) >= 11 is 0. The molecule has 0 bridgehead atoms. The molecule has 0 amide bonds. The third kappa shape index (κ3) is 4.87. The van der Waals surface area contributed by atoms with E-state index in [9.17, 15) is 4.79 Å². The van der Waals surface area contributed by atoms with Crippen LogP contribution in [0.4, 0.5) is 0 Å². The molecular weight excluding hydrogens is 180 g/mol. The minimum Gasteiger partial charge on any atom is -0.478 e. The van der Waals surface area contributed by atoms with Crippen molar-refractivity contribution in [1.82, 2.24) is 10.2 Å². The van der Waals surface area contributed by atoms with E-state index in [1.807, 2.05) is 0 Å². The van der Waals surface area contributed by atoms with Crippen molar-refractivity contribution >= 4 is 5.97 Å². The average Bonchev–Trinajstić information content (AvgIpc) is 2.63. The lowest BCUT2D eigenvalue weighted by atomic mass is 10.4. The van der Waals surface area contributed by atoms with Crippen molar-refractivity contribution in [1.29, 1.82) is 0 Å². The van der Waals surface area contributed by atoms with E-state index in [2.05, 4.69) is 10.2 Å². The molecule has 0 radical (unpaired) electrons. The fourth-order valence-corrected chi connectivity index (χ4v) is 1.62. The van der Waals surface area contributed by atoms with E-state index >= 15 is 0 Å². The lowest BCUT2D eigenvalue weighted by molar-refractivity contribution is -0.131. The van der Waals surface area contributed by atoms with Gasteiger partial charge in [-0.25, -0.2) is 4.79 Å². The first-order valence-electron chi connectivity index (χ1n) is 5.14. The molecule has 1 rings (SSSR count). The fraction of sp³-hybridized carbons (Fsp3) is 0.700. The summed E-state index contributed by atoms with van der Waals surface area (Å²) in [6.07, 6.45) is 6.34. The van der Waals surface area contributed by atoms with Gasteiger partial charge in [0.15, 0.2) is 0 Å². The SMILES string of the molecule is O=C(O)/C=C/NCCCN1CCCC1. The second-order valence-corrected chi connectivity index (χ2v) is 3.53. The Kier molecular flexibility index (Phi) is 5.07. The normalized spacial score (nSPS) is 17.7. The zero-order valence-electron chi connectivity index (χ0n) is 8.41. The van der Waals surface area contributed by atoms with Crippen LogP contribution in [0, 0.1) is 0 Å². The fourth-order valence-electron chi connectivity index (χ4n) is 1.62. The number of hydrogen-bond donors (Lipinski definition) is 2. The van der Waals surface area contributed by atoms with Crippen LogP contribution in [0.15, 0.2) is 12.3 Å². The summed E-state index contributed by atoms with van der Waals surface area (Å²) in [6, 6.07) is 0. The van der Waals surface area contributed by atoms with Crippen LogP contribution in [0.1, 0.15) is 19.3 Å². The van der Waals surface area contributed by atoms with Crippen LogP contribution < -0.4 is 5.32 Å². The van der Waals surface area contributed by atoms with Gasteiger partial charge >= 0.3 is 5.97 Å². The Balaban J connectivity index is 1.91. The van der Waals surface area contributed by atoms with Crippen molar-refractivity contribution in [3.63, 3.8) is 0 Å². The number of nitrogens with zero attached hydrogens (tertiary/aromatic N) is 1. The number of rotatable bonds is 6. The van der Waals surface area contributed by atoms with E-state index in [0.717, 1.165) is 25.6 Å². The standard InChI is InChI=1S/C10H18N2O2/c13-10(14)4-6-11-5-3-9-12-7-1-2-8-12/h4,6,11H,1-3,5,7-9H2,(H,13,14)/b6-4+. The van der Waals surface area contributed by atoms with Crippen molar-refractivity contribution in [2.24, 2.45) is 0 Å². The molecule has 80 valence electrons. The monoisotopic (exact) mass is 198 g/mol. The van der Waals surface area contributed by atoms with Crippen LogP contribution >= 0.6 is 0 Å². The minimum absolute atomic E-state index is 0.847. The summed E-state index contributed by atoms with van der Waals surface area (Å²) in [5, 5.41) is 11.3. The van der Waals surface area contributed by atoms with Gasteiger partial charge in [-0.3, -0.25) is 0 Å². The van der Waals surface area contributed by atoms with Crippen molar-refractivity contribution in [3.8, 4) is 0 Å². The van der Waals surface area contributed by atoms with Gasteiger partial charge in [0, 0.05) is 18.8 Å². The maximum atomic E-state index is 10.1. The number of nitrogens with one attached hydrogen (secondary N) is 1. The number of aliphatic carboxylic acids is 1. The van der Waals surface area contributed by atoms with Crippen LogP contribution in [0.25, 0.3) is 0 Å². The molecule has 0 aromatic carbocycles. The predicted molar refractivity (Wildman–Crippen MR) is 55.1 cm³/mol. The maximum Gasteiger partial charge on any atom is 0.329 e. The quantitative estimate of drug-likeness (QED) is 0.486. The highest BCUT2D eigenvalue weighted by molar-refractivity contribution is 5.79. The second-order valence-electron chi connectivity index (χ2n) is 3.53. The van der Waals surface area contributed by atoms with Crippen LogP contribution in [0.5, 0.6) is 0 Å². The highest BCUT2D eigenvalue weighted by Gasteiger charge is 2.09. The van der Waals surface area contributed by atoms with Gasteiger partial charge in [-0.2, -0.15) is 0 Å². The molecular formula is C10H18N2O2. The van der Waals surface area contributed by atoms with Crippen molar-refractivity contribution in [2.75, 3.05) is 26.2 Å². The highest BCUT2D eigenvalue weighted by atomic mass is 16.4. The summed E-state index contributed by atoms with van der Waals surface area (Å²) in [7, 11) is 0. The molecule has 0 saturated carbocycles. The summed E-state index contributed by atoms with van der Waals surface area (Å²) in [4.78, 5) is 12.6. The lowest BCUT2D eigenvalue weighted by Gasteiger charge is -2.13. The van der Waals surface area contributed by atoms with Gasteiger partial charge < -0.3 is 15.3 Å². The molecule has 14 heavy (non-hydrogen) atoms. The van der Waals surface area contributed by atoms with E-state index in [1.165, 1.54) is 32.1 Å². The van der Waals surface area contributed by atoms with E-state index < -0.39 is 5.97 Å². The Bertz CT molecular complexity index is 198. The Morgan fingerprint density at radius 1 is 1.43 bits per heavy atom. The first-order chi connectivity index (χ1) is 6.79. The molecule has 0 unspecified atom stereocenters. The van der Waals surface area contributed by atoms with Crippen molar-refractivity contribution in [3.05, 3.63) is 12.3 Å². The van der Waals surface area contributed by atoms with Gasteiger partial charge in [0.1, 0.15) is 0 Å². The van der Waals surface area contributed by atoms with E-state index in [4.69, 9.17) is 5.11 Å². The first-order valence-corrected chi connectivity index (χ1v) is 5.14. The summed E-state index contributed by atoms with van der Waals surface area (Å²) < 4.78 is 0. The Hall–Kier alpha value is -1.03. The molecule has 0 aliphatic carbocycles. The summed E-state index contributed by atoms with van der Waals surface area (Å²) in [5.74, 6) is -0.906. The van der Waals surface area contributed by atoms with Gasteiger partial charge in [0.05, 0.1) is 0 Å². The van der Waals surface area contributed by atoms with E-state index in [-0.39, 0.29) is 0 Å². The van der Waals surface area contributed by atoms with Crippen LogP contribution in [0.2, 0.25) is 0 Å². The smallest absolute Gasteiger partial charge is 0.329 e. The minimum atomic E-state index is -0.906. The number of carboxylic acid groups (broad SMARTS) is 1. The molecule has 0 aromatic rings. The van der Waals surface area contributed by atoms with Gasteiger partial charge in [0.2, 0.25) is 0 Å². The predicted octanol–water partition coefficient (Wildman–Crippen LogP) is 0.660. The van der Waals surface area contributed by atoms with Gasteiger partial charge in [0.25, 0.3) is 0 Å². The van der Waals surface area contributed by atoms with Crippen molar-refractivity contribution in [2.45, 2.75) is 19.3 Å². The van der Waals surface area contributed by atoms with Gasteiger partial charge in [-0.05, 0) is 38.9 Å². The molecule has 1 saturated heterocycles. The molecule has 0 aromatic heterocycles. The zero-order chi connectivity index (χ0) is 10.2. The van der Waals surface area contributed by atoms with Crippen molar-refractivity contribution < 1.29 is 9.90 Å². The second kappa shape index (κ2) is 6.43. The van der Waals surface area contributed by atoms with Crippen LogP contribution in [-0.4, -0.2) is 42.2 Å². The summed E-state index contributed by atoms with van der Waals surface area (Å²) in [5.41, 5.74) is 0. The first kappa shape index (κ1) is 11.0. The third-order valence-electron chi connectivity index (χ3n) is 2.34. The van der Waals surface area contributed by atoms with Gasteiger partial charge in [-0.1, -0.05) is 0 Å². The Morgan fingerprint density at radius 2 is 2.14 bits per heavy atom. The average molecular weight is 198 g/mol. The molecule has 1 aliphatic heterocycles. The van der Waals surface area contributed by atoms with Crippen LogP contribution in [-0.2, 0) is 4.79 Å². The number of hydrogen-bond acceptors (Lipinski definition) is 3. The largest absolute Gasteiger partial charge is 0.478 e. The molecule has 1 heterocycles. The molecule has 4 nitrogen and oxygen atoms in total. The Morgan fingerprint density at radius 3 is 2.79 bits per heavy atom. The topological polar surface area (TPSA) is 52.6 Å². The molecule has 1 fully saturated rings. The Labute approximate surface area is 84.6 Å². The lowest BCUT2D eigenvalue weighted by Crippen LogP contribution is -2.23. The van der Waals surface area contributed by atoms with Crippen LogP contribution in [0.3, 0.4) is 0 Å². The molecule has 4 heteroatoms. The van der Waals surface area contributed by atoms with E-state index in [0.29, 0.717) is 0 Å². The zero-order valence-corrected chi connectivity index (χ0v) is 8.41. The third-order valence-corrected chi connectivity index (χ3v) is 2.34. The maximum absolute atomic E-state index is 10.1. The number of carbonyl (C=O) groups is 1.